The van der Waals surface area contributed by atoms with Gasteiger partial charge in [-0.15, -0.1) is 11.8 Å². The maximum atomic E-state index is 12.9. The molecule has 2 rings (SSSR count). The van der Waals surface area contributed by atoms with Gasteiger partial charge in [0.1, 0.15) is 11.9 Å². The van der Waals surface area contributed by atoms with Crippen molar-refractivity contribution < 1.29 is 14.0 Å². The molecule has 0 aliphatic carbocycles. The quantitative estimate of drug-likeness (QED) is 0.456. The highest BCUT2D eigenvalue weighted by Crippen LogP contribution is 2.22. The molecule has 2 unspecified atom stereocenters. The first-order valence-electron chi connectivity index (χ1n) is 7.88. The van der Waals surface area contributed by atoms with Crippen molar-refractivity contribution in [1.29, 1.82) is 0 Å². The minimum atomic E-state index is -0.628. The summed E-state index contributed by atoms with van der Waals surface area (Å²) in [4.78, 5) is 24.3. The molecule has 0 aromatic heterocycles. The zero-order valence-corrected chi connectivity index (χ0v) is 15.6. The maximum Gasteiger partial charge on any atom is 0.261 e. The van der Waals surface area contributed by atoms with Gasteiger partial charge in [-0.3, -0.25) is 20.4 Å². The molecular weight excluding hydrogens is 363 g/mol. The van der Waals surface area contributed by atoms with Gasteiger partial charge in [-0.25, -0.2) is 4.39 Å². The second-order valence-corrected chi connectivity index (χ2v) is 7.60. The van der Waals surface area contributed by atoms with E-state index < -0.39 is 6.04 Å². The molecule has 1 aromatic carbocycles. The van der Waals surface area contributed by atoms with E-state index in [0.29, 0.717) is 17.3 Å². The fourth-order valence-electron chi connectivity index (χ4n) is 2.23. The zero-order valence-electron chi connectivity index (χ0n) is 14.0. The lowest BCUT2D eigenvalue weighted by atomic mass is 10.1. The van der Waals surface area contributed by atoms with Crippen LogP contribution in [0.25, 0.3) is 0 Å². The molecular formula is C16H21FN4O2S2. The molecule has 0 saturated carbocycles. The van der Waals surface area contributed by atoms with E-state index in [1.54, 1.807) is 12.1 Å². The summed E-state index contributed by atoms with van der Waals surface area (Å²) in [7, 11) is 0. The van der Waals surface area contributed by atoms with Gasteiger partial charge in [-0.2, -0.15) is 0 Å². The van der Waals surface area contributed by atoms with Gasteiger partial charge >= 0.3 is 0 Å². The van der Waals surface area contributed by atoms with Crippen molar-refractivity contribution in [3.8, 4) is 0 Å². The van der Waals surface area contributed by atoms with Crippen LogP contribution < -0.4 is 21.5 Å². The number of hydrazine groups is 1. The second-order valence-electron chi connectivity index (χ2n) is 5.96. The highest BCUT2D eigenvalue weighted by molar-refractivity contribution is 8.00. The largest absolute Gasteiger partial charge is 0.359 e. The lowest BCUT2D eigenvalue weighted by Gasteiger charge is -2.28. The van der Waals surface area contributed by atoms with Gasteiger partial charge in [0, 0.05) is 11.8 Å². The first-order valence-corrected chi connectivity index (χ1v) is 9.33. The van der Waals surface area contributed by atoms with Crippen LogP contribution in [0.4, 0.5) is 4.39 Å². The van der Waals surface area contributed by atoms with E-state index in [9.17, 15) is 14.0 Å². The van der Waals surface area contributed by atoms with Gasteiger partial charge in [-0.1, -0.05) is 12.1 Å². The molecule has 2 atom stereocenters. The predicted molar refractivity (Wildman–Crippen MR) is 100 cm³/mol. The fourth-order valence-corrected chi connectivity index (χ4v) is 3.70. The van der Waals surface area contributed by atoms with E-state index in [1.807, 2.05) is 13.8 Å². The number of amides is 2. The van der Waals surface area contributed by atoms with Crippen LogP contribution in [-0.2, 0) is 16.0 Å². The third kappa shape index (κ3) is 6.17. The second kappa shape index (κ2) is 9.00. The SMILES string of the molecule is CC(C)NC(=S)NNC(=O)C1CSC(Cc2ccc(F)cc2)C(=O)N1. The molecule has 0 bridgehead atoms. The summed E-state index contributed by atoms with van der Waals surface area (Å²) in [5, 5.41) is 5.66. The highest BCUT2D eigenvalue weighted by atomic mass is 32.2. The van der Waals surface area contributed by atoms with Gasteiger partial charge in [0.2, 0.25) is 5.91 Å². The summed E-state index contributed by atoms with van der Waals surface area (Å²) in [6.45, 7) is 3.85. The average molecular weight is 385 g/mol. The van der Waals surface area contributed by atoms with Crippen LogP contribution in [0.2, 0.25) is 0 Å². The molecule has 1 aromatic rings. The van der Waals surface area contributed by atoms with Gasteiger partial charge in [-0.05, 0) is 50.2 Å². The summed E-state index contributed by atoms with van der Waals surface area (Å²) >= 11 is 6.43. The van der Waals surface area contributed by atoms with Gasteiger partial charge in [0.25, 0.3) is 5.91 Å². The molecule has 9 heteroatoms. The van der Waals surface area contributed by atoms with E-state index in [4.69, 9.17) is 12.2 Å². The number of nitrogens with one attached hydrogen (secondary N) is 4. The lowest BCUT2D eigenvalue weighted by molar-refractivity contribution is -0.128. The molecule has 6 nitrogen and oxygen atoms in total. The number of thioether (sulfide) groups is 1. The minimum Gasteiger partial charge on any atom is -0.359 e. The Hall–Kier alpha value is -1.87. The van der Waals surface area contributed by atoms with Crippen molar-refractivity contribution in [2.75, 3.05) is 5.75 Å². The van der Waals surface area contributed by atoms with Crippen LogP contribution in [-0.4, -0.2) is 40.0 Å². The number of halogens is 1. The standard InChI is InChI=1S/C16H21FN4O2S2/c1-9(2)18-16(24)21-20-14(22)12-8-25-13(15(23)19-12)7-10-3-5-11(17)6-4-10/h3-6,9,12-13H,7-8H2,1-2H3,(H,19,23)(H,20,22)(H2,18,21,24). The van der Waals surface area contributed by atoms with Crippen LogP contribution in [0.15, 0.2) is 24.3 Å². The summed E-state index contributed by atoms with van der Waals surface area (Å²) in [6, 6.07) is 5.58. The van der Waals surface area contributed by atoms with E-state index in [0.717, 1.165) is 5.56 Å². The summed E-state index contributed by atoms with van der Waals surface area (Å²) < 4.78 is 12.9. The van der Waals surface area contributed by atoms with Crippen molar-refractivity contribution in [2.24, 2.45) is 0 Å². The Labute approximate surface area is 155 Å². The van der Waals surface area contributed by atoms with Crippen LogP contribution >= 0.6 is 24.0 Å². The fraction of sp³-hybridized carbons (Fsp3) is 0.438. The number of hydrogen-bond acceptors (Lipinski definition) is 4. The summed E-state index contributed by atoms with van der Waals surface area (Å²) in [5.41, 5.74) is 5.97. The topological polar surface area (TPSA) is 82.3 Å². The third-order valence-corrected chi connectivity index (χ3v) is 4.97. The Morgan fingerprint density at radius 1 is 1.36 bits per heavy atom. The van der Waals surface area contributed by atoms with E-state index >= 15 is 0 Å². The Morgan fingerprint density at radius 2 is 2.04 bits per heavy atom. The summed E-state index contributed by atoms with van der Waals surface area (Å²) in [6.07, 6.45) is 0.492. The van der Waals surface area contributed by atoms with E-state index in [-0.39, 0.29) is 28.9 Å². The molecule has 1 fully saturated rings. The number of rotatable bonds is 4. The van der Waals surface area contributed by atoms with Crippen LogP contribution in [0, 0.1) is 5.82 Å². The lowest BCUT2D eigenvalue weighted by Crippen LogP contribution is -2.58. The first-order chi connectivity index (χ1) is 11.8. The molecule has 1 heterocycles. The average Bonchev–Trinajstić information content (AvgIpc) is 2.56. The Balaban J connectivity index is 1.80. The molecule has 1 aliphatic heterocycles. The van der Waals surface area contributed by atoms with Gasteiger partial charge < -0.3 is 10.6 Å². The summed E-state index contributed by atoms with van der Waals surface area (Å²) in [5.74, 6) is -0.411. The highest BCUT2D eigenvalue weighted by Gasteiger charge is 2.32. The van der Waals surface area contributed by atoms with Gasteiger partial charge in [0.05, 0.1) is 5.25 Å². The van der Waals surface area contributed by atoms with Crippen LogP contribution in [0.3, 0.4) is 0 Å². The smallest absolute Gasteiger partial charge is 0.261 e. The first kappa shape index (κ1) is 19.5. The van der Waals surface area contributed by atoms with Crippen LogP contribution in [0.1, 0.15) is 19.4 Å². The maximum absolute atomic E-state index is 12.9. The van der Waals surface area contributed by atoms with Crippen molar-refractivity contribution >= 4 is 40.9 Å². The Bertz CT molecular complexity index is 640. The third-order valence-electron chi connectivity index (χ3n) is 3.44. The molecule has 136 valence electrons. The molecule has 4 N–H and O–H groups in total. The van der Waals surface area contributed by atoms with E-state index in [1.165, 1.54) is 23.9 Å². The molecule has 1 aliphatic rings. The molecule has 25 heavy (non-hydrogen) atoms. The number of hydrogen-bond donors (Lipinski definition) is 4. The molecule has 1 saturated heterocycles. The zero-order chi connectivity index (χ0) is 18.4. The Kier molecular flexibility index (Phi) is 7.01. The number of thiocarbonyl (C=S) groups is 1. The Morgan fingerprint density at radius 3 is 2.64 bits per heavy atom. The van der Waals surface area contributed by atoms with E-state index in [2.05, 4.69) is 21.5 Å². The monoisotopic (exact) mass is 384 g/mol. The number of benzene rings is 1. The molecule has 2 amide bonds. The molecule has 0 spiro atoms. The van der Waals surface area contributed by atoms with Crippen molar-refractivity contribution in [3.05, 3.63) is 35.6 Å². The van der Waals surface area contributed by atoms with Gasteiger partial charge in [0.15, 0.2) is 5.11 Å². The minimum absolute atomic E-state index is 0.147. The molecule has 0 radical (unpaired) electrons. The predicted octanol–water partition coefficient (Wildman–Crippen LogP) is 0.872. The van der Waals surface area contributed by atoms with Crippen molar-refractivity contribution in [2.45, 2.75) is 37.6 Å². The normalized spacial score (nSPS) is 19.9. The van der Waals surface area contributed by atoms with Crippen molar-refractivity contribution in [3.63, 3.8) is 0 Å². The van der Waals surface area contributed by atoms with Crippen LogP contribution in [0.5, 0.6) is 0 Å². The number of carbonyl (C=O) groups is 2. The van der Waals surface area contributed by atoms with Crippen molar-refractivity contribution in [1.82, 2.24) is 21.5 Å². The number of carbonyl (C=O) groups excluding carboxylic acids is 2.